The van der Waals surface area contributed by atoms with Gasteiger partial charge in [0.05, 0.1) is 23.4 Å². The Morgan fingerprint density at radius 2 is 1.85 bits per heavy atom. The highest BCUT2D eigenvalue weighted by Crippen LogP contribution is 2.32. The van der Waals surface area contributed by atoms with Crippen LogP contribution >= 0.6 is 11.6 Å². The molecule has 172 valence electrons. The third-order valence-corrected chi connectivity index (χ3v) is 6.40. The minimum atomic E-state index is -4.16. The molecule has 3 aromatic rings. The van der Waals surface area contributed by atoms with E-state index in [0.717, 1.165) is 4.31 Å². The van der Waals surface area contributed by atoms with Gasteiger partial charge in [-0.15, -0.1) is 0 Å². The molecule has 0 radical (unpaired) electrons. The Kier molecular flexibility index (Phi) is 8.02. The van der Waals surface area contributed by atoms with Gasteiger partial charge in [-0.1, -0.05) is 35.9 Å². The summed E-state index contributed by atoms with van der Waals surface area (Å²) in [5.41, 5.74) is 2.90. The fourth-order valence-electron chi connectivity index (χ4n) is 2.91. The maximum atomic E-state index is 13.4. The smallest absolute Gasteiger partial charge is 0.264 e. The molecule has 3 rings (SSSR count). The van der Waals surface area contributed by atoms with Crippen LogP contribution in [0.25, 0.3) is 0 Å². The van der Waals surface area contributed by atoms with Crippen LogP contribution in [0.1, 0.15) is 12.5 Å². The van der Waals surface area contributed by atoms with Gasteiger partial charge in [0.25, 0.3) is 15.9 Å². The number of hydrogen-bond acceptors (Lipinski definition) is 5. The maximum absolute atomic E-state index is 13.4. The van der Waals surface area contributed by atoms with E-state index in [4.69, 9.17) is 16.3 Å². The van der Waals surface area contributed by atoms with Gasteiger partial charge in [0.2, 0.25) is 0 Å². The zero-order valence-electron chi connectivity index (χ0n) is 17.6. The molecule has 1 N–H and O–H groups in total. The number of hydrazone groups is 1. The van der Waals surface area contributed by atoms with Gasteiger partial charge >= 0.3 is 0 Å². The summed E-state index contributed by atoms with van der Waals surface area (Å²) < 4.78 is 46.7. The van der Waals surface area contributed by atoms with E-state index in [-0.39, 0.29) is 10.6 Å². The molecule has 0 saturated heterocycles. The fraction of sp³-hybridized carbons (Fsp3) is 0.130. The van der Waals surface area contributed by atoms with Crippen LogP contribution < -0.4 is 14.5 Å². The number of nitrogens with one attached hydrogen (secondary N) is 1. The van der Waals surface area contributed by atoms with Crippen LogP contribution in [0.4, 0.5) is 10.1 Å². The van der Waals surface area contributed by atoms with Crippen LogP contribution in [0.2, 0.25) is 5.02 Å². The Morgan fingerprint density at radius 1 is 1.12 bits per heavy atom. The second-order valence-corrected chi connectivity index (χ2v) is 9.01. The SMILES string of the molecule is CCOc1ccccc1N(CC(=O)N/N=C\c1cccc(F)c1)S(=O)(=O)c1ccc(Cl)cc1. The molecule has 0 aliphatic rings. The molecular weight excluding hydrogens is 469 g/mol. The summed E-state index contributed by atoms with van der Waals surface area (Å²) in [6.45, 7) is 1.49. The number of benzene rings is 3. The van der Waals surface area contributed by atoms with Gasteiger partial charge in [0.1, 0.15) is 18.1 Å². The van der Waals surface area contributed by atoms with E-state index < -0.39 is 28.3 Å². The standard InChI is InChI=1S/C23H21ClFN3O4S/c1-2-32-22-9-4-3-8-21(22)28(33(30,31)20-12-10-18(24)11-13-20)16-23(29)27-26-15-17-6-5-7-19(25)14-17/h3-15H,2,16H2,1H3,(H,27,29)/b26-15-. The highest BCUT2D eigenvalue weighted by molar-refractivity contribution is 7.92. The molecule has 0 aliphatic heterocycles. The van der Waals surface area contributed by atoms with Gasteiger partial charge in [0.15, 0.2) is 0 Å². The Labute approximate surface area is 196 Å². The Bertz CT molecular complexity index is 1250. The zero-order chi connectivity index (χ0) is 23.8. The van der Waals surface area contributed by atoms with Crippen molar-refractivity contribution in [1.29, 1.82) is 0 Å². The van der Waals surface area contributed by atoms with E-state index in [1.54, 1.807) is 37.3 Å². The summed E-state index contributed by atoms with van der Waals surface area (Å²) in [4.78, 5) is 12.6. The molecule has 7 nitrogen and oxygen atoms in total. The highest BCUT2D eigenvalue weighted by atomic mass is 35.5. The molecule has 0 fully saturated rings. The maximum Gasteiger partial charge on any atom is 0.264 e. The zero-order valence-corrected chi connectivity index (χ0v) is 19.2. The van der Waals surface area contributed by atoms with Crippen molar-refractivity contribution in [2.45, 2.75) is 11.8 Å². The number of nitrogens with zero attached hydrogens (tertiary/aromatic N) is 2. The Morgan fingerprint density at radius 3 is 2.55 bits per heavy atom. The minimum Gasteiger partial charge on any atom is -0.492 e. The topological polar surface area (TPSA) is 88.1 Å². The number of rotatable bonds is 9. The molecule has 1 amide bonds. The van der Waals surface area contributed by atoms with E-state index in [0.29, 0.717) is 22.9 Å². The summed E-state index contributed by atoms with van der Waals surface area (Å²) in [5.74, 6) is -0.849. The van der Waals surface area contributed by atoms with E-state index in [9.17, 15) is 17.6 Å². The van der Waals surface area contributed by atoms with Gasteiger partial charge in [0, 0.05) is 5.02 Å². The number of para-hydroxylation sites is 2. The second kappa shape index (κ2) is 10.9. The number of anilines is 1. The van der Waals surface area contributed by atoms with Crippen LogP contribution in [-0.4, -0.2) is 33.7 Å². The van der Waals surface area contributed by atoms with Crippen molar-refractivity contribution in [3.8, 4) is 5.75 Å². The molecule has 3 aromatic carbocycles. The number of sulfonamides is 1. The van der Waals surface area contributed by atoms with Crippen LogP contribution in [0.3, 0.4) is 0 Å². The predicted octanol–water partition coefficient (Wildman–Crippen LogP) is 4.22. The normalized spacial score (nSPS) is 11.4. The molecule has 10 heteroatoms. The van der Waals surface area contributed by atoms with Crippen LogP contribution in [0, 0.1) is 5.82 Å². The summed E-state index contributed by atoms with van der Waals surface area (Å²) >= 11 is 5.89. The molecule has 0 aliphatic carbocycles. The largest absolute Gasteiger partial charge is 0.492 e. The van der Waals surface area contributed by atoms with Gasteiger partial charge in [-0.25, -0.2) is 18.2 Å². The van der Waals surface area contributed by atoms with Crippen LogP contribution in [-0.2, 0) is 14.8 Å². The first kappa shape index (κ1) is 24.2. The summed E-state index contributed by atoms with van der Waals surface area (Å²) in [6, 6.07) is 17.7. The van der Waals surface area contributed by atoms with E-state index >= 15 is 0 Å². The number of hydrogen-bond donors (Lipinski definition) is 1. The quantitative estimate of drug-likeness (QED) is 0.360. The lowest BCUT2D eigenvalue weighted by Crippen LogP contribution is -2.39. The molecule has 33 heavy (non-hydrogen) atoms. The highest BCUT2D eigenvalue weighted by Gasteiger charge is 2.29. The number of carbonyl (C=O) groups is 1. The van der Waals surface area contributed by atoms with Crippen molar-refractivity contribution in [2.75, 3.05) is 17.5 Å². The number of amides is 1. The molecule has 0 unspecified atom stereocenters. The Balaban J connectivity index is 1.90. The molecule has 0 aromatic heterocycles. The van der Waals surface area contributed by atoms with Gasteiger partial charge in [-0.2, -0.15) is 5.10 Å². The van der Waals surface area contributed by atoms with Crippen LogP contribution in [0.5, 0.6) is 5.75 Å². The number of halogens is 2. The van der Waals surface area contributed by atoms with Crippen molar-refractivity contribution < 1.29 is 22.3 Å². The lowest BCUT2D eigenvalue weighted by Gasteiger charge is -2.25. The van der Waals surface area contributed by atoms with Crippen molar-refractivity contribution in [3.63, 3.8) is 0 Å². The van der Waals surface area contributed by atoms with E-state index in [1.165, 1.54) is 48.7 Å². The van der Waals surface area contributed by atoms with E-state index in [2.05, 4.69) is 10.5 Å². The average Bonchev–Trinajstić information content (AvgIpc) is 2.78. The van der Waals surface area contributed by atoms with Gasteiger partial charge in [-0.3, -0.25) is 9.10 Å². The molecule has 0 heterocycles. The molecule has 0 saturated carbocycles. The monoisotopic (exact) mass is 489 g/mol. The van der Waals surface area contributed by atoms with E-state index in [1.807, 2.05) is 0 Å². The lowest BCUT2D eigenvalue weighted by atomic mass is 10.2. The summed E-state index contributed by atoms with van der Waals surface area (Å²) in [7, 11) is -4.16. The molecule has 0 bridgehead atoms. The van der Waals surface area contributed by atoms with Crippen molar-refractivity contribution in [1.82, 2.24) is 5.43 Å². The summed E-state index contributed by atoms with van der Waals surface area (Å²) in [5, 5.41) is 4.17. The third-order valence-electron chi connectivity index (χ3n) is 4.37. The van der Waals surface area contributed by atoms with Crippen molar-refractivity contribution in [2.24, 2.45) is 5.10 Å². The number of carbonyl (C=O) groups excluding carboxylic acids is 1. The molecule has 0 atom stereocenters. The molecular formula is C23H21ClFN3O4S. The molecule has 0 spiro atoms. The van der Waals surface area contributed by atoms with Crippen LogP contribution in [0.15, 0.2) is 82.8 Å². The first-order valence-corrected chi connectivity index (χ1v) is 11.7. The predicted molar refractivity (Wildman–Crippen MR) is 126 cm³/mol. The number of ether oxygens (including phenoxy) is 1. The first-order valence-electron chi connectivity index (χ1n) is 9.89. The first-order chi connectivity index (χ1) is 15.8. The third kappa shape index (κ3) is 6.30. The second-order valence-electron chi connectivity index (χ2n) is 6.71. The lowest BCUT2D eigenvalue weighted by molar-refractivity contribution is -0.119. The summed E-state index contributed by atoms with van der Waals surface area (Å²) in [6.07, 6.45) is 1.26. The van der Waals surface area contributed by atoms with Gasteiger partial charge in [-0.05, 0) is 61.0 Å². The fourth-order valence-corrected chi connectivity index (χ4v) is 4.46. The Hall–Kier alpha value is -3.43. The van der Waals surface area contributed by atoms with Gasteiger partial charge < -0.3 is 4.74 Å². The average molecular weight is 490 g/mol. The minimum absolute atomic E-state index is 0.0470. The van der Waals surface area contributed by atoms with Crippen molar-refractivity contribution >= 4 is 39.4 Å². The van der Waals surface area contributed by atoms with Crippen molar-refractivity contribution in [3.05, 3.63) is 89.2 Å².